The Balaban J connectivity index is 0.000000364. The fourth-order valence-corrected chi connectivity index (χ4v) is 3.93. The first kappa shape index (κ1) is 37.7. The molecule has 0 radical (unpaired) electrons. The molecule has 242 valence electrons. The summed E-state index contributed by atoms with van der Waals surface area (Å²) in [4.78, 5) is 35.5. The van der Waals surface area contributed by atoms with Gasteiger partial charge in [-0.2, -0.15) is 0 Å². The molecule has 2 aromatic rings. The summed E-state index contributed by atoms with van der Waals surface area (Å²) in [5, 5.41) is 11.3. The van der Waals surface area contributed by atoms with Crippen LogP contribution < -0.4 is 14.8 Å². The number of amides is 1. The predicted molar refractivity (Wildman–Crippen MR) is 165 cm³/mol. The van der Waals surface area contributed by atoms with Gasteiger partial charge in [0.15, 0.2) is 5.67 Å². The standard InChI is InChI=1S/C16H20F2O.C10H10N2O6.C7H14/c17-12-16(18,11-10-14-6-4-5-7-14)13-19-15-8-2-1-3-9-15;13-7-11-5-10(14)18-9-4-2-1-3-8(9)6-17-12(15)16;1-3-5-7-6-4-2/h1-3,8-11,14H,4-7,12-13H2;1-4,7H,5-6H2,(H,11,13);3,5H,4,6-7H2,1-2H3/b11-10+;;5-3-. The minimum atomic E-state index is -2.02. The molecule has 1 atom stereocenters. The molecule has 1 fully saturated rings. The largest absolute Gasteiger partial charge is 0.490 e. The van der Waals surface area contributed by atoms with E-state index in [0.29, 0.717) is 23.6 Å². The van der Waals surface area contributed by atoms with Gasteiger partial charge in [0.1, 0.15) is 37.9 Å². The van der Waals surface area contributed by atoms with Crippen molar-refractivity contribution >= 4 is 12.4 Å². The van der Waals surface area contributed by atoms with Gasteiger partial charge in [0.25, 0.3) is 5.09 Å². The van der Waals surface area contributed by atoms with E-state index in [2.05, 4.69) is 36.2 Å². The van der Waals surface area contributed by atoms with Crippen molar-refractivity contribution in [2.24, 2.45) is 5.92 Å². The monoisotopic (exact) mass is 618 g/mol. The van der Waals surface area contributed by atoms with Crippen LogP contribution in [0.25, 0.3) is 0 Å². The zero-order valence-electron chi connectivity index (χ0n) is 25.5. The van der Waals surface area contributed by atoms with E-state index in [9.17, 15) is 28.5 Å². The third-order valence-corrected chi connectivity index (χ3v) is 6.32. The van der Waals surface area contributed by atoms with Crippen molar-refractivity contribution in [3.8, 4) is 11.5 Å². The molecule has 1 N–H and O–H groups in total. The maximum absolute atomic E-state index is 14.3. The highest BCUT2D eigenvalue weighted by Gasteiger charge is 2.28. The molecule has 0 spiro atoms. The van der Waals surface area contributed by atoms with Crippen molar-refractivity contribution in [2.45, 2.75) is 71.1 Å². The van der Waals surface area contributed by atoms with Gasteiger partial charge in [-0.1, -0.05) is 87.2 Å². The Morgan fingerprint density at radius 3 is 2.43 bits per heavy atom. The number of unbranched alkanes of at least 4 members (excludes halogenated alkanes) is 2. The van der Waals surface area contributed by atoms with E-state index >= 15 is 0 Å². The lowest BCUT2D eigenvalue weighted by atomic mass is 10.0. The lowest BCUT2D eigenvalue weighted by Crippen LogP contribution is -2.31. The quantitative estimate of drug-likeness (QED) is 0.0399. The smallest absolute Gasteiger partial charge is 0.330 e. The van der Waals surface area contributed by atoms with Gasteiger partial charge in [-0.3, -0.25) is 4.79 Å². The summed E-state index contributed by atoms with van der Waals surface area (Å²) >= 11 is 0. The number of carbonyl (C=O) groups is 2. The number of hydrogen-bond donors (Lipinski definition) is 1. The van der Waals surface area contributed by atoms with Crippen LogP contribution >= 0.6 is 0 Å². The van der Waals surface area contributed by atoms with Gasteiger partial charge in [-0.05, 0) is 56.4 Å². The Morgan fingerprint density at radius 2 is 1.82 bits per heavy atom. The number of ether oxygens (including phenoxy) is 2. The Labute approximate surface area is 258 Å². The number of esters is 1. The second-order valence-corrected chi connectivity index (χ2v) is 9.96. The third-order valence-electron chi connectivity index (χ3n) is 6.32. The average molecular weight is 619 g/mol. The second-order valence-electron chi connectivity index (χ2n) is 9.96. The van der Waals surface area contributed by atoms with Crippen LogP contribution in [0.15, 0.2) is 78.9 Å². The number of halogens is 2. The van der Waals surface area contributed by atoms with Crippen molar-refractivity contribution in [2.75, 3.05) is 19.8 Å². The molecule has 44 heavy (non-hydrogen) atoms. The zero-order chi connectivity index (χ0) is 32.5. The Kier molecular flexibility index (Phi) is 19.9. The van der Waals surface area contributed by atoms with Crippen molar-refractivity contribution in [1.29, 1.82) is 0 Å². The highest BCUT2D eigenvalue weighted by molar-refractivity contribution is 5.76. The summed E-state index contributed by atoms with van der Waals surface area (Å²) in [5.74, 6) is 0.429. The van der Waals surface area contributed by atoms with Gasteiger partial charge >= 0.3 is 5.97 Å². The molecule has 0 aromatic heterocycles. The second kappa shape index (κ2) is 23.2. The van der Waals surface area contributed by atoms with Gasteiger partial charge in [-0.15, -0.1) is 10.1 Å². The Bertz CT molecular complexity index is 1140. The van der Waals surface area contributed by atoms with Crippen LogP contribution in [0.3, 0.4) is 0 Å². The number of allylic oxidation sites excluding steroid dienone is 3. The maximum atomic E-state index is 14.3. The first-order valence-corrected chi connectivity index (χ1v) is 14.7. The van der Waals surface area contributed by atoms with Gasteiger partial charge in [-0.25, -0.2) is 13.6 Å². The van der Waals surface area contributed by atoms with E-state index in [4.69, 9.17) is 9.47 Å². The first-order chi connectivity index (χ1) is 21.3. The maximum Gasteiger partial charge on any atom is 0.330 e. The molecule has 2 aromatic carbocycles. The molecule has 1 unspecified atom stereocenters. The molecule has 0 bridgehead atoms. The van der Waals surface area contributed by atoms with Gasteiger partial charge in [0.2, 0.25) is 6.41 Å². The van der Waals surface area contributed by atoms with Crippen molar-refractivity contribution in [3.05, 3.63) is 94.6 Å². The van der Waals surface area contributed by atoms with Crippen molar-refractivity contribution in [1.82, 2.24) is 5.32 Å². The number of rotatable bonds is 16. The van der Waals surface area contributed by atoms with Crippen LogP contribution in [0.5, 0.6) is 11.5 Å². The van der Waals surface area contributed by atoms with Crippen LogP contribution in [0.1, 0.15) is 64.4 Å². The zero-order valence-corrected chi connectivity index (χ0v) is 25.5. The van der Waals surface area contributed by atoms with Crippen molar-refractivity contribution < 1.29 is 37.8 Å². The number of alkyl halides is 2. The fraction of sp³-hybridized carbons (Fsp3) is 0.455. The minimum Gasteiger partial charge on any atom is -0.490 e. The molecule has 1 amide bonds. The number of benzene rings is 2. The van der Waals surface area contributed by atoms with E-state index in [-0.39, 0.29) is 25.5 Å². The number of hydrogen-bond acceptors (Lipinski definition) is 7. The van der Waals surface area contributed by atoms with Crippen molar-refractivity contribution in [3.63, 3.8) is 0 Å². The minimum absolute atomic E-state index is 0.150. The summed E-state index contributed by atoms with van der Waals surface area (Å²) in [7, 11) is 0. The normalized spacial score (nSPS) is 14.0. The highest BCUT2D eigenvalue weighted by Crippen LogP contribution is 2.27. The number of para-hydroxylation sites is 2. The van der Waals surface area contributed by atoms with Crippen LogP contribution in [-0.4, -0.2) is 43.0 Å². The summed E-state index contributed by atoms with van der Waals surface area (Å²) in [6.07, 6.45) is 16.3. The topological polar surface area (TPSA) is 117 Å². The van der Waals surface area contributed by atoms with Crippen LogP contribution in [0, 0.1) is 16.0 Å². The van der Waals surface area contributed by atoms with Gasteiger partial charge in [0, 0.05) is 5.56 Å². The molecule has 0 saturated heterocycles. The molecule has 1 aliphatic rings. The van der Waals surface area contributed by atoms with Gasteiger partial charge in [0.05, 0.1) is 0 Å². The highest BCUT2D eigenvalue weighted by atomic mass is 19.2. The molecule has 1 aliphatic carbocycles. The molecule has 0 aliphatic heterocycles. The van der Waals surface area contributed by atoms with Crippen LogP contribution in [0.4, 0.5) is 8.78 Å². The summed E-state index contributed by atoms with van der Waals surface area (Å²) in [5.41, 5.74) is -1.66. The van der Waals surface area contributed by atoms with E-state index < -0.39 is 23.4 Å². The number of nitrogens with zero attached hydrogens (tertiary/aromatic N) is 1. The van der Waals surface area contributed by atoms with Crippen LogP contribution in [0.2, 0.25) is 0 Å². The lowest BCUT2D eigenvalue weighted by Gasteiger charge is -2.19. The lowest BCUT2D eigenvalue weighted by molar-refractivity contribution is -0.763. The molecule has 1 saturated carbocycles. The molecule has 3 rings (SSSR count). The summed E-state index contributed by atoms with van der Waals surface area (Å²) < 4.78 is 37.4. The van der Waals surface area contributed by atoms with Crippen LogP contribution in [-0.2, 0) is 21.0 Å². The first-order valence-electron chi connectivity index (χ1n) is 14.7. The number of nitrogens with one attached hydrogen (secondary N) is 1. The van der Waals surface area contributed by atoms with E-state index in [0.717, 1.165) is 12.8 Å². The SMILES string of the molecule is C/C=C\CCCC.FCC(F)(/C=C/C1CCCC1)COc1ccccc1.O=CNCC(=O)Oc1ccccc1CO[N+](=O)[O-]. The Morgan fingerprint density at radius 1 is 1.14 bits per heavy atom. The Hall–Kier alpha value is -4.28. The average Bonchev–Trinajstić information content (AvgIpc) is 3.57. The summed E-state index contributed by atoms with van der Waals surface area (Å²) in [6, 6.07) is 15.2. The molecule has 9 nitrogen and oxygen atoms in total. The molecule has 11 heteroatoms. The fourth-order valence-electron chi connectivity index (χ4n) is 3.93. The molecular weight excluding hydrogens is 574 g/mol. The van der Waals surface area contributed by atoms with Gasteiger partial charge < -0.3 is 19.6 Å². The third kappa shape index (κ3) is 17.6. The molecule has 0 heterocycles. The van der Waals surface area contributed by atoms with E-state index in [1.807, 2.05) is 12.1 Å². The number of carbonyl (C=O) groups excluding carboxylic acids is 2. The molecular formula is C33H44F2N2O7. The predicted octanol–water partition coefficient (Wildman–Crippen LogP) is 7.29. The summed E-state index contributed by atoms with van der Waals surface area (Å²) in [6.45, 7) is 2.34. The van der Waals surface area contributed by atoms with E-state index in [1.54, 1.807) is 36.4 Å². The van der Waals surface area contributed by atoms with E-state index in [1.165, 1.54) is 50.3 Å².